The van der Waals surface area contributed by atoms with Crippen LogP contribution in [0.4, 0.5) is 0 Å². The largest absolute Gasteiger partial charge is 0.496 e. The first-order valence-corrected chi connectivity index (χ1v) is 7.44. The van der Waals surface area contributed by atoms with Crippen molar-refractivity contribution in [1.29, 1.82) is 5.26 Å². The van der Waals surface area contributed by atoms with Crippen LogP contribution in [0, 0.1) is 11.3 Å². The van der Waals surface area contributed by atoms with Crippen LogP contribution in [0.25, 0.3) is 6.08 Å². The van der Waals surface area contributed by atoms with Crippen molar-refractivity contribution in [1.82, 2.24) is 9.80 Å². The highest BCUT2D eigenvalue weighted by atomic mass is 16.5. The molecule has 5 nitrogen and oxygen atoms in total. The Morgan fingerprint density at radius 3 is 2.73 bits per heavy atom. The fraction of sp³-hybridized carbons (Fsp3) is 0.412. The van der Waals surface area contributed by atoms with Gasteiger partial charge in [-0.2, -0.15) is 5.26 Å². The molecular formula is C17H21N3O2. The van der Waals surface area contributed by atoms with Crippen LogP contribution in [-0.2, 0) is 4.79 Å². The van der Waals surface area contributed by atoms with Crippen LogP contribution in [0.1, 0.15) is 12.0 Å². The summed E-state index contributed by atoms with van der Waals surface area (Å²) in [7, 11) is 1.62. The van der Waals surface area contributed by atoms with Crippen molar-refractivity contribution in [2.75, 3.05) is 39.8 Å². The van der Waals surface area contributed by atoms with Crippen LogP contribution in [0.5, 0.6) is 5.75 Å². The quantitative estimate of drug-likeness (QED) is 0.778. The zero-order chi connectivity index (χ0) is 15.8. The average molecular weight is 299 g/mol. The van der Waals surface area contributed by atoms with Crippen LogP contribution in [0.15, 0.2) is 30.3 Å². The van der Waals surface area contributed by atoms with Crippen molar-refractivity contribution in [2.24, 2.45) is 0 Å². The summed E-state index contributed by atoms with van der Waals surface area (Å²) in [6.07, 6.45) is 3.94. The second-order valence-corrected chi connectivity index (χ2v) is 5.15. The number of ether oxygens (including phenoxy) is 1. The Hall–Kier alpha value is -2.32. The molecule has 0 spiro atoms. The molecule has 1 aliphatic rings. The molecule has 22 heavy (non-hydrogen) atoms. The zero-order valence-electron chi connectivity index (χ0n) is 12.9. The Kier molecular flexibility index (Phi) is 5.99. The number of amides is 1. The minimum absolute atomic E-state index is 0.0193. The smallest absolute Gasteiger partial charge is 0.246 e. The molecule has 0 N–H and O–H groups in total. The second kappa shape index (κ2) is 8.20. The van der Waals surface area contributed by atoms with E-state index in [1.807, 2.05) is 29.2 Å². The van der Waals surface area contributed by atoms with E-state index in [0.29, 0.717) is 19.5 Å². The SMILES string of the molecule is COc1ccccc1/C=C/C(=O)N1CCN(CCC#N)CC1. The zero-order valence-corrected chi connectivity index (χ0v) is 12.9. The van der Waals surface area contributed by atoms with E-state index in [1.165, 1.54) is 0 Å². The van der Waals surface area contributed by atoms with Gasteiger partial charge in [-0.15, -0.1) is 0 Å². The maximum absolute atomic E-state index is 12.2. The Labute approximate surface area is 131 Å². The molecule has 116 valence electrons. The molecule has 0 aromatic heterocycles. The van der Waals surface area contributed by atoms with Crippen LogP contribution >= 0.6 is 0 Å². The van der Waals surface area contributed by atoms with E-state index < -0.39 is 0 Å². The Bertz CT molecular complexity index is 570. The molecule has 1 amide bonds. The lowest BCUT2D eigenvalue weighted by Gasteiger charge is -2.33. The number of para-hydroxylation sites is 1. The summed E-state index contributed by atoms with van der Waals surface area (Å²) in [5, 5.41) is 8.60. The number of carbonyl (C=O) groups excluding carboxylic acids is 1. The molecule has 0 unspecified atom stereocenters. The molecular weight excluding hydrogens is 278 g/mol. The predicted octanol–water partition coefficient (Wildman–Crippen LogP) is 1.77. The van der Waals surface area contributed by atoms with E-state index in [0.717, 1.165) is 30.9 Å². The second-order valence-electron chi connectivity index (χ2n) is 5.15. The van der Waals surface area contributed by atoms with Gasteiger partial charge in [0.2, 0.25) is 5.91 Å². The van der Waals surface area contributed by atoms with Gasteiger partial charge in [-0.05, 0) is 12.1 Å². The summed E-state index contributed by atoms with van der Waals surface area (Å²) >= 11 is 0. The first-order chi connectivity index (χ1) is 10.7. The minimum Gasteiger partial charge on any atom is -0.496 e. The highest BCUT2D eigenvalue weighted by Gasteiger charge is 2.19. The molecule has 1 heterocycles. The summed E-state index contributed by atoms with van der Waals surface area (Å²) in [5.74, 6) is 0.777. The lowest BCUT2D eigenvalue weighted by Crippen LogP contribution is -2.48. The molecule has 0 bridgehead atoms. The van der Waals surface area contributed by atoms with Gasteiger partial charge in [-0.25, -0.2) is 0 Å². The third kappa shape index (κ3) is 4.34. The van der Waals surface area contributed by atoms with Crippen molar-refractivity contribution in [3.63, 3.8) is 0 Å². The monoisotopic (exact) mass is 299 g/mol. The third-order valence-electron chi connectivity index (χ3n) is 3.77. The van der Waals surface area contributed by atoms with Crippen LogP contribution in [0.3, 0.4) is 0 Å². The van der Waals surface area contributed by atoms with Crippen molar-refractivity contribution < 1.29 is 9.53 Å². The first kappa shape index (κ1) is 16.1. The van der Waals surface area contributed by atoms with Crippen LogP contribution in [0.2, 0.25) is 0 Å². The number of rotatable bonds is 5. The topological polar surface area (TPSA) is 56.6 Å². The Morgan fingerprint density at radius 2 is 2.05 bits per heavy atom. The van der Waals surface area contributed by atoms with E-state index in [4.69, 9.17) is 10.00 Å². The number of piperazine rings is 1. The lowest BCUT2D eigenvalue weighted by atomic mass is 10.2. The number of hydrogen-bond donors (Lipinski definition) is 0. The van der Waals surface area contributed by atoms with E-state index in [2.05, 4.69) is 11.0 Å². The minimum atomic E-state index is 0.0193. The fourth-order valence-electron chi connectivity index (χ4n) is 2.47. The van der Waals surface area contributed by atoms with Crippen molar-refractivity contribution in [3.8, 4) is 11.8 Å². The number of hydrogen-bond acceptors (Lipinski definition) is 4. The van der Waals surface area contributed by atoms with Gasteiger partial charge in [-0.3, -0.25) is 9.69 Å². The van der Waals surface area contributed by atoms with E-state index in [-0.39, 0.29) is 5.91 Å². The van der Waals surface area contributed by atoms with Gasteiger partial charge in [0, 0.05) is 50.8 Å². The number of methoxy groups -OCH3 is 1. The first-order valence-electron chi connectivity index (χ1n) is 7.44. The maximum Gasteiger partial charge on any atom is 0.246 e. The predicted molar refractivity (Wildman–Crippen MR) is 85.3 cm³/mol. The van der Waals surface area contributed by atoms with E-state index >= 15 is 0 Å². The highest BCUT2D eigenvalue weighted by Crippen LogP contribution is 2.18. The van der Waals surface area contributed by atoms with Gasteiger partial charge in [0.15, 0.2) is 0 Å². The highest BCUT2D eigenvalue weighted by molar-refractivity contribution is 5.92. The number of carbonyl (C=O) groups is 1. The molecule has 0 radical (unpaired) electrons. The molecule has 1 fully saturated rings. The summed E-state index contributed by atoms with van der Waals surface area (Å²) in [6.45, 7) is 3.86. The molecule has 0 saturated carbocycles. The number of nitriles is 1. The molecule has 1 aromatic rings. The molecule has 0 atom stereocenters. The van der Waals surface area contributed by atoms with Gasteiger partial charge in [0.1, 0.15) is 5.75 Å². The van der Waals surface area contributed by atoms with Gasteiger partial charge >= 0.3 is 0 Å². The normalized spacial score (nSPS) is 15.7. The Balaban J connectivity index is 1.88. The van der Waals surface area contributed by atoms with Gasteiger partial charge in [-0.1, -0.05) is 18.2 Å². The molecule has 2 rings (SSSR count). The van der Waals surface area contributed by atoms with Crippen LogP contribution < -0.4 is 4.74 Å². The van der Waals surface area contributed by atoms with E-state index in [1.54, 1.807) is 19.3 Å². The standard InChI is InChI=1S/C17H21N3O2/c1-22-16-6-3-2-5-15(16)7-8-17(21)20-13-11-19(12-14-20)10-4-9-18/h2-3,5-8H,4,10-14H2,1H3/b8-7+. The molecule has 0 aliphatic carbocycles. The van der Waals surface area contributed by atoms with Crippen molar-refractivity contribution in [2.45, 2.75) is 6.42 Å². The van der Waals surface area contributed by atoms with Gasteiger partial charge in [0.25, 0.3) is 0 Å². The number of nitrogens with zero attached hydrogens (tertiary/aromatic N) is 3. The van der Waals surface area contributed by atoms with Crippen LogP contribution in [-0.4, -0.2) is 55.5 Å². The fourth-order valence-corrected chi connectivity index (χ4v) is 2.47. The maximum atomic E-state index is 12.2. The van der Waals surface area contributed by atoms with Crippen molar-refractivity contribution in [3.05, 3.63) is 35.9 Å². The van der Waals surface area contributed by atoms with Gasteiger partial charge in [0.05, 0.1) is 13.2 Å². The lowest BCUT2D eigenvalue weighted by molar-refractivity contribution is -0.127. The average Bonchev–Trinajstić information content (AvgIpc) is 2.58. The van der Waals surface area contributed by atoms with Gasteiger partial charge < -0.3 is 9.64 Å². The summed E-state index contributed by atoms with van der Waals surface area (Å²) in [6, 6.07) is 9.76. The summed E-state index contributed by atoms with van der Waals surface area (Å²) < 4.78 is 5.27. The molecule has 1 aliphatic heterocycles. The van der Waals surface area contributed by atoms with Crippen molar-refractivity contribution >= 4 is 12.0 Å². The number of benzene rings is 1. The molecule has 5 heteroatoms. The summed E-state index contributed by atoms with van der Waals surface area (Å²) in [4.78, 5) is 16.3. The summed E-state index contributed by atoms with van der Waals surface area (Å²) in [5.41, 5.74) is 0.894. The Morgan fingerprint density at radius 1 is 1.32 bits per heavy atom. The molecule has 1 aromatic carbocycles. The molecule has 1 saturated heterocycles. The van der Waals surface area contributed by atoms with E-state index in [9.17, 15) is 4.79 Å². The third-order valence-corrected chi connectivity index (χ3v) is 3.77.